The van der Waals surface area contributed by atoms with Crippen LogP contribution < -0.4 is 5.73 Å². The number of carbonyl (C=O) groups excluding carboxylic acids is 2. The summed E-state index contributed by atoms with van der Waals surface area (Å²) in [5, 5.41) is 0. The number of phosphoric ester groups is 1. The highest BCUT2D eigenvalue weighted by molar-refractivity contribution is 7.47. The first-order valence-corrected chi connectivity index (χ1v) is 20.6. The summed E-state index contributed by atoms with van der Waals surface area (Å²) >= 11 is 0. The van der Waals surface area contributed by atoms with Crippen molar-refractivity contribution >= 4 is 19.8 Å². The Hall–Kier alpha value is -2.03. The van der Waals surface area contributed by atoms with E-state index in [1.807, 2.05) is 0 Å². The highest BCUT2D eigenvalue weighted by Crippen LogP contribution is 2.43. The fraction of sp³-hybridized carbons (Fsp3) is 0.744. The highest BCUT2D eigenvalue weighted by atomic mass is 31.2. The van der Waals surface area contributed by atoms with Gasteiger partial charge < -0.3 is 20.1 Å². The van der Waals surface area contributed by atoms with Crippen LogP contribution in [0.3, 0.4) is 0 Å². The lowest BCUT2D eigenvalue weighted by molar-refractivity contribution is -0.161. The van der Waals surface area contributed by atoms with Gasteiger partial charge in [-0.2, -0.15) is 0 Å². The maximum absolute atomic E-state index is 12.5. The van der Waals surface area contributed by atoms with Crippen molar-refractivity contribution in [2.45, 2.75) is 161 Å². The lowest BCUT2D eigenvalue weighted by Crippen LogP contribution is -2.29. The molecule has 0 aromatic heterocycles. The van der Waals surface area contributed by atoms with Gasteiger partial charge in [-0.15, -0.1) is 0 Å². The van der Waals surface area contributed by atoms with E-state index in [4.69, 9.17) is 24.3 Å². The topological polar surface area (TPSA) is 134 Å². The second-order valence-electron chi connectivity index (χ2n) is 12.4. The molecule has 0 heterocycles. The van der Waals surface area contributed by atoms with Crippen LogP contribution in [-0.2, 0) is 32.7 Å². The number of carbonyl (C=O) groups is 2. The van der Waals surface area contributed by atoms with Crippen LogP contribution in [0.5, 0.6) is 0 Å². The van der Waals surface area contributed by atoms with Crippen LogP contribution in [0.4, 0.5) is 0 Å². The monoisotopic (exact) mass is 711 g/mol. The zero-order valence-electron chi connectivity index (χ0n) is 30.9. The van der Waals surface area contributed by atoms with E-state index < -0.39 is 32.5 Å². The van der Waals surface area contributed by atoms with E-state index in [1.54, 1.807) is 0 Å². The van der Waals surface area contributed by atoms with Crippen molar-refractivity contribution < 1.29 is 37.6 Å². The molecule has 0 saturated carbocycles. The van der Waals surface area contributed by atoms with E-state index in [9.17, 15) is 19.0 Å². The van der Waals surface area contributed by atoms with Crippen LogP contribution in [0.15, 0.2) is 48.6 Å². The van der Waals surface area contributed by atoms with E-state index in [-0.39, 0.29) is 32.6 Å². The standard InChI is InChI=1S/C39H70NO8P/c1-3-5-7-9-11-13-15-17-18-20-21-23-25-27-29-31-38(41)45-35-37(36-47-49(43,44)46-34-33-40)48-39(42)32-30-28-26-24-22-19-16-14-12-10-8-6-4-2/h5,7,11,13,17-18,21,23,37H,3-4,6,8-10,12,14-16,19-20,22,24-36,40H2,1-2H3,(H,43,44)/b7-5-,13-11-,18-17-,23-21-/t37-/m1/s1. The van der Waals surface area contributed by atoms with Gasteiger partial charge in [-0.1, -0.05) is 140 Å². The number of hydrogen-bond donors (Lipinski definition) is 2. The van der Waals surface area contributed by atoms with Gasteiger partial charge in [-0.25, -0.2) is 4.57 Å². The van der Waals surface area contributed by atoms with Crippen molar-refractivity contribution in [3.05, 3.63) is 48.6 Å². The van der Waals surface area contributed by atoms with Gasteiger partial charge in [0.2, 0.25) is 0 Å². The molecule has 3 N–H and O–H groups in total. The number of ether oxygens (including phenoxy) is 2. The highest BCUT2D eigenvalue weighted by Gasteiger charge is 2.25. The first kappa shape index (κ1) is 47.0. The molecular formula is C39H70NO8P. The molecule has 1 unspecified atom stereocenters. The molecule has 0 aliphatic carbocycles. The predicted octanol–water partition coefficient (Wildman–Crippen LogP) is 10.4. The smallest absolute Gasteiger partial charge is 0.462 e. The molecule has 0 radical (unpaired) electrons. The minimum absolute atomic E-state index is 0.0470. The van der Waals surface area contributed by atoms with Crippen LogP contribution >= 0.6 is 7.82 Å². The van der Waals surface area contributed by atoms with Crippen LogP contribution in [0, 0.1) is 0 Å². The van der Waals surface area contributed by atoms with Crippen LogP contribution in [0.1, 0.15) is 155 Å². The SMILES string of the molecule is CC/C=C\C/C=C\C/C=C\C/C=C\CCCCC(=O)OC[C@H](COP(=O)(O)OCCN)OC(=O)CCCCCCCCCCCCCCC. The first-order chi connectivity index (χ1) is 23.8. The van der Waals surface area contributed by atoms with Crippen molar-refractivity contribution in [3.63, 3.8) is 0 Å². The van der Waals surface area contributed by atoms with E-state index in [1.165, 1.54) is 57.8 Å². The zero-order valence-corrected chi connectivity index (χ0v) is 31.8. The van der Waals surface area contributed by atoms with Crippen molar-refractivity contribution in [1.82, 2.24) is 0 Å². The zero-order chi connectivity index (χ0) is 36.1. The average molecular weight is 712 g/mol. The summed E-state index contributed by atoms with van der Waals surface area (Å²) in [6, 6.07) is 0. The summed E-state index contributed by atoms with van der Waals surface area (Å²) in [6.45, 7) is 3.55. The molecule has 0 fully saturated rings. The maximum Gasteiger partial charge on any atom is 0.472 e. The predicted molar refractivity (Wildman–Crippen MR) is 201 cm³/mol. The van der Waals surface area contributed by atoms with Crippen molar-refractivity contribution in [1.29, 1.82) is 0 Å². The number of esters is 2. The molecule has 0 bridgehead atoms. The van der Waals surface area contributed by atoms with Crippen molar-refractivity contribution in [2.75, 3.05) is 26.4 Å². The number of nitrogens with two attached hydrogens (primary N) is 1. The molecule has 49 heavy (non-hydrogen) atoms. The Bertz CT molecular complexity index is 949. The van der Waals surface area contributed by atoms with Crippen LogP contribution in [0.2, 0.25) is 0 Å². The second-order valence-corrected chi connectivity index (χ2v) is 13.9. The quantitative estimate of drug-likeness (QED) is 0.0285. The van der Waals surface area contributed by atoms with E-state index in [0.717, 1.165) is 57.8 Å². The van der Waals surface area contributed by atoms with Gasteiger partial charge in [0, 0.05) is 19.4 Å². The summed E-state index contributed by atoms with van der Waals surface area (Å²) in [5.74, 6) is -0.879. The van der Waals surface area contributed by atoms with Gasteiger partial charge >= 0.3 is 19.8 Å². The molecule has 2 atom stereocenters. The van der Waals surface area contributed by atoms with Crippen LogP contribution in [0.25, 0.3) is 0 Å². The molecular weight excluding hydrogens is 641 g/mol. The average Bonchev–Trinajstić information content (AvgIpc) is 3.08. The molecule has 0 aliphatic rings. The summed E-state index contributed by atoms with van der Waals surface area (Å²) < 4.78 is 32.6. The molecule has 0 rings (SSSR count). The number of allylic oxidation sites excluding steroid dienone is 8. The molecule has 0 spiro atoms. The molecule has 0 aromatic carbocycles. The van der Waals surface area contributed by atoms with Gasteiger partial charge in [0.15, 0.2) is 6.10 Å². The summed E-state index contributed by atoms with van der Waals surface area (Å²) in [7, 11) is -4.38. The fourth-order valence-electron chi connectivity index (χ4n) is 4.92. The third-order valence-corrected chi connectivity index (χ3v) is 8.71. The maximum atomic E-state index is 12.5. The Labute approximate surface area is 298 Å². The first-order valence-electron chi connectivity index (χ1n) is 19.1. The normalized spacial score (nSPS) is 14.0. The Kier molecular flexibility index (Phi) is 34.3. The molecule has 0 amide bonds. The lowest BCUT2D eigenvalue weighted by atomic mass is 10.0. The van der Waals surface area contributed by atoms with Gasteiger partial charge in [-0.3, -0.25) is 18.6 Å². The van der Waals surface area contributed by atoms with Gasteiger partial charge in [-0.05, 0) is 51.4 Å². The van der Waals surface area contributed by atoms with E-state index in [0.29, 0.717) is 12.8 Å². The molecule has 0 aliphatic heterocycles. The Morgan fingerprint density at radius 1 is 0.633 bits per heavy atom. The third-order valence-electron chi connectivity index (χ3n) is 7.73. The Morgan fingerprint density at radius 2 is 1.12 bits per heavy atom. The second kappa shape index (κ2) is 35.8. The van der Waals surface area contributed by atoms with E-state index >= 15 is 0 Å². The molecule has 9 nitrogen and oxygen atoms in total. The minimum atomic E-state index is -4.38. The Morgan fingerprint density at radius 3 is 1.67 bits per heavy atom. The van der Waals surface area contributed by atoms with Crippen molar-refractivity contribution in [3.8, 4) is 0 Å². The summed E-state index contributed by atoms with van der Waals surface area (Å²) in [6.07, 6.45) is 38.6. The third kappa shape index (κ3) is 35.6. The number of rotatable bonds is 35. The summed E-state index contributed by atoms with van der Waals surface area (Å²) in [5.41, 5.74) is 5.33. The lowest BCUT2D eigenvalue weighted by Gasteiger charge is -2.19. The minimum Gasteiger partial charge on any atom is -0.462 e. The Balaban J connectivity index is 4.30. The molecule has 0 saturated heterocycles. The molecule has 0 aromatic rings. The fourth-order valence-corrected chi connectivity index (χ4v) is 5.68. The van der Waals surface area contributed by atoms with Gasteiger partial charge in [0.25, 0.3) is 0 Å². The number of phosphoric acid groups is 1. The summed E-state index contributed by atoms with van der Waals surface area (Å²) in [4.78, 5) is 34.7. The van der Waals surface area contributed by atoms with Gasteiger partial charge in [0.1, 0.15) is 6.61 Å². The van der Waals surface area contributed by atoms with Crippen molar-refractivity contribution in [2.24, 2.45) is 5.73 Å². The molecule has 284 valence electrons. The number of hydrogen-bond acceptors (Lipinski definition) is 8. The number of unbranched alkanes of at least 4 members (excludes halogenated alkanes) is 14. The van der Waals surface area contributed by atoms with E-state index in [2.05, 4.69) is 62.5 Å². The van der Waals surface area contributed by atoms with Crippen LogP contribution in [-0.4, -0.2) is 49.3 Å². The largest absolute Gasteiger partial charge is 0.472 e. The molecule has 10 heteroatoms. The van der Waals surface area contributed by atoms with Gasteiger partial charge in [0.05, 0.1) is 13.2 Å².